The number of nitrogens with one attached hydrogen (secondary N) is 1. The number of para-hydroxylation sites is 1. The summed E-state index contributed by atoms with van der Waals surface area (Å²) in [5, 5.41) is 4.81. The second kappa shape index (κ2) is 9.88. The van der Waals surface area contributed by atoms with Crippen molar-refractivity contribution in [3.05, 3.63) is 76.5 Å². The van der Waals surface area contributed by atoms with Gasteiger partial charge >= 0.3 is 0 Å². The number of ether oxygens (including phenoxy) is 1. The van der Waals surface area contributed by atoms with Crippen molar-refractivity contribution in [3.8, 4) is 5.75 Å². The molecule has 158 valence electrons. The third-order valence-corrected chi connectivity index (χ3v) is 6.43. The fourth-order valence-corrected chi connectivity index (χ4v) is 4.49. The number of rotatable bonds is 9. The molecule has 0 unspecified atom stereocenters. The highest BCUT2D eigenvalue weighted by molar-refractivity contribution is 7.90. The maximum absolute atomic E-state index is 12.7. The fourth-order valence-electron chi connectivity index (χ4n) is 3.07. The van der Waals surface area contributed by atoms with E-state index in [1.165, 1.54) is 12.1 Å². The quantitative estimate of drug-likeness (QED) is 0.543. The molecule has 3 aromatic rings. The summed E-state index contributed by atoms with van der Waals surface area (Å²) >= 11 is 1.64. The molecule has 0 bridgehead atoms. The normalized spacial score (nSPS) is 11.4. The van der Waals surface area contributed by atoms with Gasteiger partial charge in [0.05, 0.1) is 18.6 Å². The summed E-state index contributed by atoms with van der Waals surface area (Å²) in [5.41, 5.74) is 1.44. The van der Waals surface area contributed by atoms with Crippen LogP contribution in [0, 0.1) is 0 Å². The summed E-state index contributed by atoms with van der Waals surface area (Å²) in [4.78, 5) is 16.1. The van der Waals surface area contributed by atoms with Gasteiger partial charge in [0.15, 0.2) is 9.84 Å². The Balaban J connectivity index is 1.74. The van der Waals surface area contributed by atoms with Crippen LogP contribution in [-0.4, -0.2) is 39.1 Å². The van der Waals surface area contributed by atoms with Crippen molar-refractivity contribution in [2.24, 2.45) is 0 Å². The number of thiophene rings is 1. The smallest absolute Gasteiger partial charge is 0.238 e. The molecule has 0 fully saturated rings. The Hall–Kier alpha value is -2.68. The molecule has 1 heterocycles. The zero-order valence-electron chi connectivity index (χ0n) is 16.9. The SMILES string of the molecule is COc1ccccc1CN(CC(=O)Nc1cccc(S(C)(=O)=O)c1)Cc1cccs1. The van der Waals surface area contributed by atoms with Crippen molar-refractivity contribution >= 4 is 32.8 Å². The standard InChI is InChI=1S/C22H24N2O4S2/c1-28-21-11-4-3-7-17(21)14-24(15-19-9-6-12-29-19)16-22(25)23-18-8-5-10-20(13-18)30(2,26)27/h3-13H,14-16H2,1-2H3,(H,23,25). The Morgan fingerprint density at radius 3 is 2.57 bits per heavy atom. The first kappa shape index (κ1) is 22.0. The number of hydrogen-bond donors (Lipinski definition) is 1. The highest BCUT2D eigenvalue weighted by atomic mass is 32.2. The summed E-state index contributed by atoms with van der Waals surface area (Å²) in [7, 11) is -1.71. The first-order chi connectivity index (χ1) is 14.3. The van der Waals surface area contributed by atoms with Crippen LogP contribution in [0.15, 0.2) is 70.9 Å². The molecule has 0 saturated carbocycles. The zero-order chi connectivity index (χ0) is 21.6. The Morgan fingerprint density at radius 2 is 1.87 bits per heavy atom. The molecular formula is C22H24N2O4S2. The van der Waals surface area contributed by atoms with Gasteiger partial charge in [0.2, 0.25) is 5.91 Å². The van der Waals surface area contributed by atoms with Gasteiger partial charge in [-0.2, -0.15) is 0 Å². The molecule has 6 nitrogen and oxygen atoms in total. The van der Waals surface area contributed by atoms with Gasteiger partial charge in [-0.15, -0.1) is 11.3 Å². The van der Waals surface area contributed by atoms with Gasteiger partial charge < -0.3 is 10.1 Å². The van der Waals surface area contributed by atoms with E-state index in [1.54, 1.807) is 30.6 Å². The Labute approximate surface area is 181 Å². The van der Waals surface area contributed by atoms with Crippen molar-refractivity contribution in [2.75, 3.05) is 25.2 Å². The number of amides is 1. The molecular weight excluding hydrogens is 420 g/mol. The molecule has 8 heteroatoms. The van der Waals surface area contributed by atoms with Crippen LogP contribution in [0.4, 0.5) is 5.69 Å². The van der Waals surface area contributed by atoms with Crippen LogP contribution in [0.5, 0.6) is 5.75 Å². The average Bonchev–Trinajstić information content (AvgIpc) is 3.21. The third kappa shape index (κ3) is 6.16. The van der Waals surface area contributed by atoms with Gasteiger partial charge in [-0.25, -0.2) is 8.42 Å². The molecule has 1 aromatic heterocycles. The van der Waals surface area contributed by atoms with Crippen LogP contribution in [-0.2, 0) is 27.7 Å². The van der Waals surface area contributed by atoms with Gasteiger partial charge in [-0.3, -0.25) is 9.69 Å². The first-order valence-electron chi connectivity index (χ1n) is 9.32. The lowest BCUT2D eigenvalue weighted by atomic mass is 10.2. The van der Waals surface area contributed by atoms with E-state index < -0.39 is 9.84 Å². The minimum atomic E-state index is -3.34. The van der Waals surface area contributed by atoms with Gasteiger partial charge in [-0.1, -0.05) is 30.3 Å². The van der Waals surface area contributed by atoms with Crippen LogP contribution in [0.25, 0.3) is 0 Å². The van der Waals surface area contributed by atoms with E-state index in [1.807, 2.05) is 46.7 Å². The summed E-state index contributed by atoms with van der Waals surface area (Å²) in [6, 6.07) is 18.0. The highest BCUT2D eigenvalue weighted by Crippen LogP contribution is 2.22. The Kier molecular flexibility index (Phi) is 7.25. The van der Waals surface area contributed by atoms with Crippen LogP contribution in [0.2, 0.25) is 0 Å². The number of benzene rings is 2. The zero-order valence-corrected chi connectivity index (χ0v) is 18.5. The fraction of sp³-hybridized carbons (Fsp3) is 0.227. The molecule has 3 rings (SSSR count). The van der Waals surface area contributed by atoms with Gasteiger partial charge in [-0.05, 0) is 35.7 Å². The van der Waals surface area contributed by atoms with Gasteiger partial charge in [0.1, 0.15) is 5.75 Å². The maximum Gasteiger partial charge on any atom is 0.238 e. The van der Waals surface area contributed by atoms with E-state index in [-0.39, 0.29) is 17.3 Å². The van der Waals surface area contributed by atoms with Crippen LogP contribution in [0.3, 0.4) is 0 Å². The molecule has 0 atom stereocenters. The molecule has 30 heavy (non-hydrogen) atoms. The number of anilines is 1. The highest BCUT2D eigenvalue weighted by Gasteiger charge is 2.16. The topological polar surface area (TPSA) is 75.7 Å². The van der Waals surface area contributed by atoms with Crippen molar-refractivity contribution in [1.29, 1.82) is 0 Å². The third-order valence-electron chi connectivity index (χ3n) is 4.46. The molecule has 0 radical (unpaired) electrons. The lowest BCUT2D eigenvalue weighted by molar-refractivity contribution is -0.117. The van der Waals surface area contributed by atoms with E-state index in [2.05, 4.69) is 5.32 Å². The molecule has 0 aliphatic heterocycles. The van der Waals surface area contributed by atoms with Gasteiger partial charge in [0, 0.05) is 35.5 Å². The maximum atomic E-state index is 12.7. The Bertz CT molecular complexity index is 1100. The van der Waals surface area contributed by atoms with E-state index in [0.29, 0.717) is 18.8 Å². The number of carbonyl (C=O) groups is 1. The van der Waals surface area contributed by atoms with Crippen LogP contribution in [0.1, 0.15) is 10.4 Å². The lowest BCUT2D eigenvalue weighted by Crippen LogP contribution is -2.32. The van der Waals surface area contributed by atoms with Crippen LogP contribution >= 0.6 is 11.3 Å². The number of carbonyl (C=O) groups excluding carboxylic acids is 1. The second-order valence-corrected chi connectivity index (χ2v) is 9.93. The minimum Gasteiger partial charge on any atom is -0.496 e. The number of nitrogens with zero attached hydrogens (tertiary/aromatic N) is 1. The van der Waals surface area contributed by atoms with Gasteiger partial charge in [0.25, 0.3) is 0 Å². The van der Waals surface area contributed by atoms with Crippen LogP contribution < -0.4 is 10.1 Å². The molecule has 0 saturated heterocycles. The summed E-state index contributed by atoms with van der Waals surface area (Å²) < 4.78 is 29.0. The number of methoxy groups -OCH3 is 1. The number of hydrogen-bond acceptors (Lipinski definition) is 6. The van der Waals surface area contributed by atoms with Crippen molar-refractivity contribution in [1.82, 2.24) is 4.90 Å². The van der Waals surface area contributed by atoms with Crippen molar-refractivity contribution in [2.45, 2.75) is 18.0 Å². The second-order valence-electron chi connectivity index (χ2n) is 6.88. The monoisotopic (exact) mass is 444 g/mol. The summed E-state index contributed by atoms with van der Waals surface area (Å²) in [5.74, 6) is 0.557. The van der Waals surface area contributed by atoms with E-state index in [4.69, 9.17) is 4.74 Å². The lowest BCUT2D eigenvalue weighted by Gasteiger charge is -2.22. The van der Waals surface area contributed by atoms with E-state index >= 15 is 0 Å². The molecule has 0 spiro atoms. The largest absolute Gasteiger partial charge is 0.496 e. The summed E-state index contributed by atoms with van der Waals surface area (Å²) in [6.45, 7) is 1.31. The number of sulfone groups is 1. The molecule has 1 amide bonds. The van der Waals surface area contributed by atoms with E-state index in [0.717, 1.165) is 22.4 Å². The van der Waals surface area contributed by atoms with Crippen molar-refractivity contribution < 1.29 is 17.9 Å². The Morgan fingerprint density at radius 1 is 1.07 bits per heavy atom. The molecule has 0 aliphatic carbocycles. The first-order valence-corrected chi connectivity index (χ1v) is 12.1. The molecule has 1 N–H and O–H groups in total. The van der Waals surface area contributed by atoms with Crippen molar-refractivity contribution in [3.63, 3.8) is 0 Å². The minimum absolute atomic E-state index is 0.152. The molecule has 2 aromatic carbocycles. The van der Waals surface area contributed by atoms with E-state index in [9.17, 15) is 13.2 Å². The average molecular weight is 445 g/mol. The molecule has 0 aliphatic rings. The predicted molar refractivity (Wildman–Crippen MR) is 120 cm³/mol. The predicted octanol–water partition coefficient (Wildman–Crippen LogP) is 3.80. The summed E-state index contributed by atoms with van der Waals surface area (Å²) in [6.07, 6.45) is 1.14.